The Balaban J connectivity index is 2.56. The van der Waals surface area contributed by atoms with Gasteiger partial charge in [-0.2, -0.15) is 0 Å². The molecule has 0 aliphatic carbocycles. The van der Waals surface area contributed by atoms with Crippen molar-refractivity contribution in [3.63, 3.8) is 0 Å². The number of carboxylic acids is 1. The molecular weight excluding hydrogens is 384 g/mol. The predicted octanol–water partition coefficient (Wildman–Crippen LogP) is 2.81. The minimum Gasteiger partial charge on any atom is -0.480 e. The molecule has 0 fully saturated rings. The molecule has 0 spiro atoms. The topological polar surface area (TPSA) is 121 Å². The standard InChI is InChI=1S/C18H30N4O5S/c1-7-11(2)14(15(23)24)21-16(25)22(6)9-12-10-28-13(20-12)8-19-17(26)27-18(3,4)5/h10-11,14H,7-9H2,1-6H3,(H,19,26)(H,21,25)(H,23,24)/t11-,14-/m0/s1. The quantitative estimate of drug-likeness (QED) is 0.601. The van der Waals surface area contributed by atoms with Crippen LogP contribution in [0.15, 0.2) is 5.38 Å². The number of nitrogens with one attached hydrogen (secondary N) is 2. The van der Waals surface area contributed by atoms with Crippen LogP contribution >= 0.6 is 11.3 Å². The molecule has 1 aromatic rings. The molecule has 0 aliphatic rings. The van der Waals surface area contributed by atoms with Crippen LogP contribution in [0, 0.1) is 5.92 Å². The maximum absolute atomic E-state index is 12.3. The minimum absolute atomic E-state index is 0.181. The zero-order valence-electron chi connectivity index (χ0n) is 17.2. The van der Waals surface area contributed by atoms with Crippen LogP contribution in [-0.4, -0.2) is 51.8 Å². The predicted molar refractivity (Wildman–Crippen MR) is 106 cm³/mol. The van der Waals surface area contributed by atoms with E-state index in [0.29, 0.717) is 17.1 Å². The Kier molecular flexibility index (Phi) is 8.67. The summed E-state index contributed by atoms with van der Waals surface area (Å²) < 4.78 is 5.16. The van der Waals surface area contributed by atoms with Gasteiger partial charge >= 0.3 is 18.1 Å². The Morgan fingerprint density at radius 2 is 2.00 bits per heavy atom. The lowest BCUT2D eigenvalue weighted by atomic mass is 9.99. The molecule has 158 valence electrons. The fraction of sp³-hybridized carbons (Fsp3) is 0.667. The zero-order chi connectivity index (χ0) is 21.5. The molecule has 1 rings (SSSR count). The van der Waals surface area contributed by atoms with E-state index in [1.165, 1.54) is 16.2 Å². The van der Waals surface area contributed by atoms with E-state index < -0.39 is 29.7 Å². The largest absolute Gasteiger partial charge is 0.480 e. The lowest BCUT2D eigenvalue weighted by Crippen LogP contribution is -2.49. The number of nitrogens with zero attached hydrogens (tertiary/aromatic N) is 2. The van der Waals surface area contributed by atoms with Gasteiger partial charge in [0.05, 0.1) is 18.8 Å². The molecule has 0 saturated carbocycles. The summed E-state index contributed by atoms with van der Waals surface area (Å²) in [6, 6.07) is -1.42. The first-order valence-corrected chi connectivity index (χ1v) is 9.95. The molecule has 9 nitrogen and oxygen atoms in total. The van der Waals surface area contributed by atoms with Crippen LogP contribution in [0.1, 0.15) is 51.7 Å². The molecule has 28 heavy (non-hydrogen) atoms. The van der Waals surface area contributed by atoms with Crippen molar-refractivity contribution >= 4 is 29.4 Å². The number of rotatable bonds is 8. The van der Waals surface area contributed by atoms with E-state index in [0.717, 1.165) is 0 Å². The number of carbonyl (C=O) groups is 3. The van der Waals surface area contributed by atoms with Crippen LogP contribution in [0.5, 0.6) is 0 Å². The van der Waals surface area contributed by atoms with Gasteiger partial charge in [0.15, 0.2) is 0 Å². The lowest BCUT2D eigenvalue weighted by Gasteiger charge is -2.24. The van der Waals surface area contributed by atoms with Gasteiger partial charge in [0.2, 0.25) is 0 Å². The second-order valence-corrected chi connectivity index (χ2v) is 8.54. The Morgan fingerprint density at radius 3 is 2.54 bits per heavy atom. The van der Waals surface area contributed by atoms with Crippen molar-refractivity contribution in [2.24, 2.45) is 5.92 Å². The van der Waals surface area contributed by atoms with Crippen molar-refractivity contribution in [2.75, 3.05) is 7.05 Å². The van der Waals surface area contributed by atoms with Crippen molar-refractivity contribution in [3.05, 3.63) is 16.1 Å². The van der Waals surface area contributed by atoms with E-state index in [4.69, 9.17) is 4.74 Å². The molecule has 0 aliphatic heterocycles. The van der Waals surface area contributed by atoms with Crippen LogP contribution in [0.3, 0.4) is 0 Å². The summed E-state index contributed by atoms with van der Waals surface area (Å²) in [6.07, 6.45) is 0.117. The molecule has 0 bridgehead atoms. The molecule has 0 radical (unpaired) electrons. The van der Waals surface area contributed by atoms with E-state index in [1.807, 2.05) is 6.92 Å². The zero-order valence-corrected chi connectivity index (χ0v) is 18.1. The molecule has 3 amide bonds. The number of alkyl carbamates (subject to hydrolysis) is 1. The average molecular weight is 415 g/mol. The number of ether oxygens (including phenoxy) is 1. The fourth-order valence-corrected chi connectivity index (χ4v) is 2.93. The molecule has 1 aromatic heterocycles. The van der Waals surface area contributed by atoms with E-state index in [-0.39, 0.29) is 19.0 Å². The van der Waals surface area contributed by atoms with Crippen molar-refractivity contribution in [1.82, 2.24) is 20.5 Å². The highest BCUT2D eigenvalue weighted by molar-refractivity contribution is 7.09. The van der Waals surface area contributed by atoms with Gasteiger partial charge in [-0.3, -0.25) is 0 Å². The first kappa shape index (κ1) is 23.7. The van der Waals surface area contributed by atoms with Gasteiger partial charge in [0.25, 0.3) is 0 Å². The summed E-state index contributed by atoms with van der Waals surface area (Å²) in [6.45, 7) is 9.45. The smallest absolute Gasteiger partial charge is 0.408 e. The Labute approximate surface area is 169 Å². The van der Waals surface area contributed by atoms with Gasteiger partial charge < -0.3 is 25.4 Å². The van der Waals surface area contributed by atoms with Crippen molar-refractivity contribution in [2.45, 2.75) is 65.8 Å². The first-order valence-electron chi connectivity index (χ1n) is 9.07. The van der Waals surface area contributed by atoms with Gasteiger partial charge in [-0.25, -0.2) is 19.4 Å². The number of aliphatic carboxylic acids is 1. The van der Waals surface area contributed by atoms with Gasteiger partial charge in [0, 0.05) is 12.4 Å². The number of hydrogen-bond donors (Lipinski definition) is 3. The normalized spacial score (nSPS) is 13.4. The number of amides is 3. The number of thiazole rings is 1. The molecule has 0 saturated heterocycles. The number of hydrogen-bond acceptors (Lipinski definition) is 6. The van der Waals surface area contributed by atoms with Crippen molar-refractivity contribution < 1.29 is 24.2 Å². The van der Waals surface area contributed by atoms with E-state index in [2.05, 4.69) is 15.6 Å². The summed E-state index contributed by atoms with van der Waals surface area (Å²) in [5.41, 5.74) is 0.0798. The molecule has 1 heterocycles. The van der Waals surface area contributed by atoms with Crippen LogP contribution < -0.4 is 10.6 Å². The van der Waals surface area contributed by atoms with Crippen LogP contribution in [0.4, 0.5) is 9.59 Å². The maximum atomic E-state index is 12.3. The second-order valence-electron chi connectivity index (χ2n) is 7.60. The second kappa shape index (κ2) is 10.3. The Morgan fingerprint density at radius 1 is 1.36 bits per heavy atom. The third kappa shape index (κ3) is 8.12. The minimum atomic E-state index is -1.06. The SMILES string of the molecule is CC[C@H](C)[C@H](NC(=O)N(C)Cc1csc(CNC(=O)OC(C)(C)C)n1)C(=O)O. The molecule has 0 aromatic carbocycles. The van der Waals surface area contributed by atoms with E-state index in [1.54, 1.807) is 40.1 Å². The summed E-state index contributed by atoms with van der Waals surface area (Å²) in [5.74, 6) is -1.24. The fourth-order valence-electron chi connectivity index (χ4n) is 2.21. The summed E-state index contributed by atoms with van der Waals surface area (Å²) in [4.78, 5) is 41.1. The van der Waals surface area contributed by atoms with Crippen LogP contribution in [0.25, 0.3) is 0 Å². The van der Waals surface area contributed by atoms with Crippen molar-refractivity contribution in [3.8, 4) is 0 Å². The number of aromatic nitrogens is 1. The summed E-state index contributed by atoms with van der Waals surface area (Å²) in [5, 5.41) is 16.9. The van der Waals surface area contributed by atoms with Crippen molar-refractivity contribution in [1.29, 1.82) is 0 Å². The van der Waals surface area contributed by atoms with Gasteiger partial charge in [-0.05, 0) is 26.7 Å². The van der Waals surface area contributed by atoms with Gasteiger partial charge in [-0.15, -0.1) is 11.3 Å². The highest BCUT2D eigenvalue weighted by Crippen LogP contribution is 2.13. The average Bonchev–Trinajstić information content (AvgIpc) is 3.02. The summed E-state index contributed by atoms with van der Waals surface area (Å²) >= 11 is 1.36. The number of carboxylic acid groups (broad SMARTS) is 1. The maximum Gasteiger partial charge on any atom is 0.408 e. The Hall–Kier alpha value is -2.36. The summed E-state index contributed by atoms with van der Waals surface area (Å²) in [7, 11) is 1.57. The highest BCUT2D eigenvalue weighted by Gasteiger charge is 2.26. The monoisotopic (exact) mass is 414 g/mol. The lowest BCUT2D eigenvalue weighted by molar-refractivity contribution is -0.140. The highest BCUT2D eigenvalue weighted by atomic mass is 32.1. The van der Waals surface area contributed by atoms with Gasteiger partial charge in [-0.1, -0.05) is 20.3 Å². The molecule has 10 heteroatoms. The Bertz CT molecular complexity index is 686. The first-order chi connectivity index (χ1) is 12.9. The van der Waals surface area contributed by atoms with Crippen LogP contribution in [-0.2, 0) is 22.6 Å². The number of urea groups is 1. The van der Waals surface area contributed by atoms with E-state index >= 15 is 0 Å². The molecule has 0 unspecified atom stereocenters. The third-order valence-electron chi connectivity index (χ3n) is 3.89. The molecular formula is C18H30N4O5S. The van der Waals surface area contributed by atoms with E-state index in [9.17, 15) is 19.5 Å². The van der Waals surface area contributed by atoms with Crippen LogP contribution in [0.2, 0.25) is 0 Å². The van der Waals surface area contributed by atoms with Gasteiger partial charge in [0.1, 0.15) is 16.7 Å². The third-order valence-corrected chi connectivity index (χ3v) is 4.78. The number of carbonyl (C=O) groups excluding carboxylic acids is 2. The molecule has 3 N–H and O–H groups in total. The molecule has 2 atom stereocenters.